The average molecular weight is 403 g/mol. The van der Waals surface area contributed by atoms with Crippen molar-refractivity contribution < 1.29 is 5.11 Å². The van der Waals surface area contributed by atoms with Crippen molar-refractivity contribution in [2.24, 2.45) is 13.0 Å². The molecule has 0 radical (unpaired) electrons. The highest BCUT2D eigenvalue weighted by Gasteiger charge is 2.28. The Hall–Kier alpha value is -3.19. The number of likely N-dealkylation sites (N-methyl/N-ethyl adjacent to an activating group) is 1. The molecule has 0 aliphatic carbocycles. The van der Waals surface area contributed by atoms with E-state index in [0.29, 0.717) is 28.9 Å². The van der Waals surface area contributed by atoms with Crippen molar-refractivity contribution in [1.82, 2.24) is 25.1 Å². The normalized spacial score (nSPS) is 19.3. The van der Waals surface area contributed by atoms with Gasteiger partial charge in [0.05, 0.1) is 23.1 Å². The van der Waals surface area contributed by atoms with E-state index < -0.39 is 0 Å². The second kappa shape index (κ2) is 6.95. The molecule has 0 unspecified atom stereocenters. The van der Waals surface area contributed by atoms with E-state index in [1.165, 1.54) is 0 Å². The molecule has 30 heavy (non-hydrogen) atoms. The molecular formula is C23H26N6O. The summed E-state index contributed by atoms with van der Waals surface area (Å²) in [5.74, 6) is 0.814. The predicted molar refractivity (Wildman–Crippen MR) is 120 cm³/mol. The third-order valence-corrected chi connectivity index (χ3v) is 6.27. The zero-order chi connectivity index (χ0) is 21.0. The molecule has 1 aliphatic heterocycles. The van der Waals surface area contributed by atoms with Gasteiger partial charge in [0.15, 0.2) is 5.65 Å². The number of hydrogen-bond donors (Lipinski definition) is 2. The number of aryl methyl sites for hydroxylation is 2. The summed E-state index contributed by atoms with van der Waals surface area (Å²) in [6.07, 6.45) is 3.85. The number of nitrogens with one attached hydrogen (secondary N) is 1. The number of phenols is 1. The highest BCUT2D eigenvalue weighted by atomic mass is 16.3. The predicted octanol–water partition coefficient (Wildman–Crippen LogP) is 3.24. The van der Waals surface area contributed by atoms with Crippen LogP contribution in [0.5, 0.6) is 5.75 Å². The number of pyridine rings is 2. The van der Waals surface area contributed by atoms with E-state index in [4.69, 9.17) is 4.98 Å². The van der Waals surface area contributed by atoms with Gasteiger partial charge in [0.25, 0.3) is 0 Å². The third kappa shape index (κ3) is 2.97. The van der Waals surface area contributed by atoms with Crippen LogP contribution in [0.15, 0.2) is 36.7 Å². The number of fused-ring (bicyclic) bond motifs is 2. The lowest BCUT2D eigenvalue weighted by Gasteiger charge is -2.18. The molecule has 0 saturated carbocycles. The van der Waals surface area contributed by atoms with Gasteiger partial charge in [-0.15, -0.1) is 0 Å². The van der Waals surface area contributed by atoms with E-state index in [9.17, 15) is 5.11 Å². The quantitative estimate of drug-likeness (QED) is 0.548. The molecule has 1 fully saturated rings. The Morgan fingerprint density at radius 3 is 2.77 bits per heavy atom. The van der Waals surface area contributed by atoms with Crippen LogP contribution in [0.4, 0.5) is 5.69 Å². The summed E-state index contributed by atoms with van der Waals surface area (Å²) < 4.78 is 1.76. The van der Waals surface area contributed by atoms with Gasteiger partial charge in [0, 0.05) is 54.3 Å². The summed E-state index contributed by atoms with van der Waals surface area (Å²) in [6.45, 7) is 6.16. The Morgan fingerprint density at radius 2 is 2.00 bits per heavy atom. The molecule has 1 saturated heterocycles. The Morgan fingerprint density at radius 1 is 1.17 bits per heavy atom. The maximum atomic E-state index is 10.8. The van der Waals surface area contributed by atoms with Crippen LogP contribution in [0.3, 0.4) is 0 Å². The molecule has 5 rings (SSSR count). The first-order valence-electron chi connectivity index (χ1n) is 10.3. The van der Waals surface area contributed by atoms with Crippen LogP contribution in [0.2, 0.25) is 0 Å². The number of aromatic hydroxyl groups is 1. The van der Waals surface area contributed by atoms with Gasteiger partial charge in [-0.05, 0) is 44.2 Å². The van der Waals surface area contributed by atoms with Crippen molar-refractivity contribution >= 4 is 27.6 Å². The molecule has 154 valence electrons. The Balaban J connectivity index is 1.53. The molecule has 3 aromatic heterocycles. The lowest BCUT2D eigenvalue weighted by atomic mass is 10.0. The van der Waals surface area contributed by atoms with E-state index in [1.807, 2.05) is 51.6 Å². The van der Waals surface area contributed by atoms with Gasteiger partial charge in [0.1, 0.15) is 5.75 Å². The fraction of sp³-hybridized carbons (Fsp3) is 0.348. The number of aromatic nitrogens is 4. The third-order valence-electron chi connectivity index (χ3n) is 6.27. The van der Waals surface area contributed by atoms with Crippen molar-refractivity contribution in [2.45, 2.75) is 19.9 Å². The van der Waals surface area contributed by atoms with Crippen LogP contribution in [0.1, 0.15) is 12.5 Å². The summed E-state index contributed by atoms with van der Waals surface area (Å²) >= 11 is 0. The molecule has 2 atom stereocenters. The standard InChI is InChI=1S/C23H26N6O/c1-13-10-29(12-20(13)24-3)17-7-15-5-6-19(26-23(15)25-9-17)18-8-16-11-28(4)27-21(16)14(2)22(18)30/h5-9,11,13,20,24,30H,10,12H2,1-4H3/t13-,20-/m1/s1. The zero-order valence-electron chi connectivity index (χ0n) is 17.7. The molecule has 0 amide bonds. The SMILES string of the molecule is CN[C@@H]1CN(c2cnc3nc(-c4cc5cn(C)nc5c(C)c4O)ccc3c2)C[C@H]1C. The number of phenolic OH excluding ortho intramolecular Hbond substituents is 1. The van der Waals surface area contributed by atoms with Gasteiger partial charge in [0.2, 0.25) is 0 Å². The number of nitrogens with zero attached hydrogens (tertiary/aromatic N) is 5. The van der Waals surface area contributed by atoms with Crippen LogP contribution in [0, 0.1) is 12.8 Å². The lowest BCUT2D eigenvalue weighted by molar-refractivity contribution is 0.474. The Kier molecular flexibility index (Phi) is 4.36. The summed E-state index contributed by atoms with van der Waals surface area (Å²) in [5.41, 5.74) is 4.77. The molecule has 2 N–H and O–H groups in total. The summed E-state index contributed by atoms with van der Waals surface area (Å²) in [7, 11) is 3.90. The Labute approximate surface area is 175 Å². The fourth-order valence-corrected chi connectivity index (χ4v) is 4.51. The van der Waals surface area contributed by atoms with E-state index in [0.717, 1.165) is 40.6 Å². The van der Waals surface area contributed by atoms with Crippen LogP contribution in [0.25, 0.3) is 33.2 Å². The molecule has 0 spiro atoms. The maximum Gasteiger partial charge on any atom is 0.159 e. The van der Waals surface area contributed by atoms with Crippen molar-refractivity contribution in [3.05, 3.63) is 42.2 Å². The highest BCUT2D eigenvalue weighted by Crippen LogP contribution is 2.36. The van der Waals surface area contributed by atoms with Crippen molar-refractivity contribution in [3.8, 4) is 17.0 Å². The topological polar surface area (TPSA) is 79.1 Å². The van der Waals surface area contributed by atoms with Crippen molar-refractivity contribution in [3.63, 3.8) is 0 Å². The van der Waals surface area contributed by atoms with Gasteiger partial charge in [-0.3, -0.25) is 4.68 Å². The highest BCUT2D eigenvalue weighted by molar-refractivity contribution is 5.91. The van der Waals surface area contributed by atoms with Crippen molar-refractivity contribution in [1.29, 1.82) is 0 Å². The smallest absolute Gasteiger partial charge is 0.159 e. The molecule has 0 bridgehead atoms. The molecule has 1 aromatic carbocycles. The van der Waals surface area contributed by atoms with E-state index >= 15 is 0 Å². The number of hydrogen-bond acceptors (Lipinski definition) is 6. The average Bonchev–Trinajstić information content (AvgIpc) is 3.31. The first kappa shape index (κ1) is 18.8. The minimum atomic E-state index is 0.217. The molecular weight excluding hydrogens is 376 g/mol. The van der Waals surface area contributed by atoms with Crippen molar-refractivity contribution in [2.75, 3.05) is 25.0 Å². The number of rotatable bonds is 3. The van der Waals surface area contributed by atoms with Crippen LogP contribution in [-0.4, -0.2) is 51.0 Å². The summed E-state index contributed by atoms with van der Waals surface area (Å²) in [6, 6.07) is 8.57. The van der Waals surface area contributed by atoms with E-state index in [-0.39, 0.29) is 5.75 Å². The minimum Gasteiger partial charge on any atom is -0.507 e. The van der Waals surface area contributed by atoms with Crippen LogP contribution >= 0.6 is 0 Å². The minimum absolute atomic E-state index is 0.217. The fourth-order valence-electron chi connectivity index (χ4n) is 4.51. The van der Waals surface area contributed by atoms with Gasteiger partial charge < -0.3 is 15.3 Å². The Bertz CT molecular complexity index is 1260. The first-order valence-corrected chi connectivity index (χ1v) is 10.3. The molecule has 1 aliphatic rings. The van der Waals surface area contributed by atoms with E-state index in [2.05, 4.69) is 33.3 Å². The second-order valence-corrected chi connectivity index (χ2v) is 8.35. The molecule has 7 heteroatoms. The van der Waals surface area contributed by atoms with Gasteiger partial charge in [-0.2, -0.15) is 5.10 Å². The summed E-state index contributed by atoms with van der Waals surface area (Å²) in [5, 5.41) is 20.6. The zero-order valence-corrected chi connectivity index (χ0v) is 17.7. The molecule has 7 nitrogen and oxygen atoms in total. The summed E-state index contributed by atoms with van der Waals surface area (Å²) in [4.78, 5) is 11.8. The van der Waals surface area contributed by atoms with Gasteiger partial charge in [-0.25, -0.2) is 9.97 Å². The first-order chi connectivity index (χ1) is 14.4. The maximum absolute atomic E-state index is 10.8. The van der Waals surface area contributed by atoms with E-state index in [1.54, 1.807) is 4.68 Å². The lowest BCUT2D eigenvalue weighted by Crippen LogP contribution is -2.32. The van der Waals surface area contributed by atoms with Gasteiger partial charge >= 0.3 is 0 Å². The number of benzene rings is 1. The second-order valence-electron chi connectivity index (χ2n) is 8.35. The monoisotopic (exact) mass is 402 g/mol. The largest absolute Gasteiger partial charge is 0.507 e. The number of anilines is 1. The molecule has 4 heterocycles. The van der Waals surface area contributed by atoms with Crippen LogP contribution in [-0.2, 0) is 7.05 Å². The van der Waals surface area contributed by atoms with Gasteiger partial charge in [-0.1, -0.05) is 6.92 Å². The molecule has 4 aromatic rings. The van der Waals surface area contributed by atoms with Crippen LogP contribution < -0.4 is 10.2 Å².